The number of ether oxygens (including phenoxy) is 2. The van der Waals surface area contributed by atoms with Crippen LogP contribution >= 0.6 is 0 Å². The van der Waals surface area contributed by atoms with E-state index >= 15 is 0 Å². The number of carbonyl (C=O) groups is 4. The summed E-state index contributed by atoms with van der Waals surface area (Å²) in [6.45, 7) is 0.194. The molecule has 10 heteroatoms. The molecule has 1 aliphatic heterocycles. The summed E-state index contributed by atoms with van der Waals surface area (Å²) in [6.07, 6.45) is 3.01. The fourth-order valence-electron chi connectivity index (χ4n) is 5.99. The molecule has 5 aromatic carbocycles. The molecule has 0 aliphatic carbocycles. The van der Waals surface area contributed by atoms with E-state index in [1.807, 2.05) is 146 Å². The lowest BCUT2D eigenvalue weighted by Crippen LogP contribution is -2.62. The number of hydrogen-bond acceptors (Lipinski definition) is 7. The normalized spacial score (nSPS) is 14.8. The summed E-state index contributed by atoms with van der Waals surface area (Å²) in [7, 11) is 0. The second-order valence-corrected chi connectivity index (χ2v) is 12.6. The van der Waals surface area contributed by atoms with Crippen LogP contribution in [0.4, 0.5) is 9.59 Å². The maximum absolute atomic E-state index is 13.7. The molecular weight excluding hydrogens is 681 g/mol. The molecule has 0 bridgehead atoms. The van der Waals surface area contributed by atoms with Gasteiger partial charge < -0.3 is 9.47 Å². The van der Waals surface area contributed by atoms with Gasteiger partial charge in [0.1, 0.15) is 13.2 Å². The van der Waals surface area contributed by atoms with E-state index in [4.69, 9.17) is 9.47 Å². The number of β-lactam (4-membered cyclic amide) rings is 1. The molecule has 1 saturated heterocycles. The summed E-state index contributed by atoms with van der Waals surface area (Å²) in [5.74, 6) is -1.26. The van der Waals surface area contributed by atoms with Crippen LogP contribution in [0.2, 0.25) is 0 Å². The first-order valence-electron chi connectivity index (χ1n) is 17.7. The number of rotatable bonds is 12. The minimum Gasteiger partial charge on any atom is -0.444 e. The second-order valence-electron chi connectivity index (χ2n) is 12.6. The molecule has 0 radical (unpaired) electrons. The number of carbonyl (C=O) groups excluding carboxylic acids is 4. The number of benzene rings is 5. The van der Waals surface area contributed by atoms with Gasteiger partial charge in [0.15, 0.2) is 0 Å². The third kappa shape index (κ3) is 10.2. The quantitative estimate of drug-likeness (QED) is 0.0442. The Bertz CT molecular complexity index is 2010. The molecule has 0 unspecified atom stereocenters. The van der Waals surface area contributed by atoms with Gasteiger partial charge in [0.2, 0.25) is 11.9 Å². The van der Waals surface area contributed by atoms with Gasteiger partial charge in [0.25, 0.3) is 5.91 Å². The standard InChI is InChI=1S/C44H40N4O6/c49-40(37-26-24-36(25-27-37)35-20-11-4-12-21-35)48-39(28-23-32-14-5-1-6-15-32)38(41(48)50)22-13-29-45-42(46-43(51)53-30-33-16-7-2-8-17-33)47-44(52)54-31-34-18-9-3-10-19-34/h1-12,14-21,23-28,38-39H,13,22,29-31H2,(H2,45,46,47,51,52)/t38-,39+/m1/s1. The molecule has 1 heterocycles. The van der Waals surface area contributed by atoms with Crippen LogP contribution in [0.1, 0.15) is 39.9 Å². The fourth-order valence-corrected chi connectivity index (χ4v) is 5.99. The van der Waals surface area contributed by atoms with Crippen LogP contribution in [0.5, 0.6) is 0 Å². The maximum atomic E-state index is 13.7. The Labute approximate surface area is 314 Å². The van der Waals surface area contributed by atoms with E-state index in [-0.39, 0.29) is 37.5 Å². The minimum absolute atomic E-state index is 0.0203. The number of alkyl carbamates (subject to hydrolysis) is 2. The lowest BCUT2D eigenvalue weighted by Gasteiger charge is -2.44. The Balaban J connectivity index is 1.11. The van der Waals surface area contributed by atoms with Gasteiger partial charge in [-0.25, -0.2) is 9.59 Å². The van der Waals surface area contributed by atoms with Crippen LogP contribution in [0.3, 0.4) is 0 Å². The van der Waals surface area contributed by atoms with Crippen molar-refractivity contribution in [2.45, 2.75) is 32.1 Å². The lowest BCUT2D eigenvalue weighted by atomic mass is 9.82. The molecule has 0 spiro atoms. The van der Waals surface area contributed by atoms with Crippen molar-refractivity contribution in [2.75, 3.05) is 6.54 Å². The molecule has 1 aliphatic rings. The number of guanidine groups is 1. The summed E-state index contributed by atoms with van der Waals surface area (Å²) in [4.78, 5) is 58.3. The summed E-state index contributed by atoms with van der Waals surface area (Å²) < 4.78 is 10.6. The number of nitrogens with zero attached hydrogens (tertiary/aromatic N) is 2. The van der Waals surface area contributed by atoms with Gasteiger partial charge in [0, 0.05) is 12.1 Å². The van der Waals surface area contributed by atoms with Crippen molar-refractivity contribution < 1.29 is 28.7 Å². The van der Waals surface area contributed by atoms with Crippen molar-refractivity contribution in [2.24, 2.45) is 10.9 Å². The fraction of sp³-hybridized carbons (Fsp3) is 0.159. The Kier molecular flexibility index (Phi) is 12.7. The van der Waals surface area contributed by atoms with Crippen molar-refractivity contribution in [1.82, 2.24) is 15.5 Å². The van der Waals surface area contributed by atoms with Crippen molar-refractivity contribution in [3.63, 3.8) is 0 Å². The van der Waals surface area contributed by atoms with Crippen LogP contribution < -0.4 is 10.6 Å². The lowest BCUT2D eigenvalue weighted by molar-refractivity contribution is -0.148. The average molecular weight is 721 g/mol. The summed E-state index contributed by atoms with van der Waals surface area (Å²) >= 11 is 0. The number of aliphatic imine (C=N–C) groups is 1. The highest BCUT2D eigenvalue weighted by Gasteiger charge is 2.48. The zero-order valence-electron chi connectivity index (χ0n) is 29.5. The van der Waals surface area contributed by atoms with Crippen LogP contribution in [0.15, 0.2) is 157 Å². The smallest absolute Gasteiger partial charge is 0.414 e. The molecule has 0 aromatic heterocycles. The molecule has 10 nitrogen and oxygen atoms in total. The van der Waals surface area contributed by atoms with Crippen LogP contribution in [-0.2, 0) is 27.5 Å². The molecule has 2 N–H and O–H groups in total. The Morgan fingerprint density at radius 1 is 0.648 bits per heavy atom. The highest BCUT2D eigenvalue weighted by Crippen LogP contribution is 2.34. The molecule has 0 saturated carbocycles. The van der Waals surface area contributed by atoms with Crippen LogP contribution in [-0.4, -0.2) is 47.4 Å². The summed E-state index contributed by atoms with van der Waals surface area (Å²) in [5.41, 5.74) is 4.95. The van der Waals surface area contributed by atoms with Gasteiger partial charge in [-0.2, -0.15) is 0 Å². The zero-order valence-corrected chi connectivity index (χ0v) is 29.5. The molecular formula is C44H40N4O6. The first kappa shape index (κ1) is 37.0. The molecule has 5 aromatic rings. The Morgan fingerprint density at radius 3 is 1.70 bits per heavy atom. The van der Waals surface area contributed by atoms with E-state index in [2.05, 4.69) is 15.6 Å². The molecule has 54 heavy (non-hydrogen) atoms. The number of nitrogens with one attached hydrogen (secondary N) is 2. The van der Waals surface area contributed by atoms with E-state index in [0.717, 1.165) is 27.8 Å². The van der Waals surface area contributed by atoms with Gasteiger partial charge in [0.05, 0.1) is 12.0 Å². The van der Waals surface area contributed by atoms with Crippen LogP contribution in [0, 0.1) is 5.92 Å². The third-order valence-corrected chi connectivity index (χ3v) is 8.82. The van der Waals surface area contributed by atoms with Gasteiger partial charge in [-0.15, -0.1) is 0 Å². The minimum atomic E-state index is -0.813. The second kappa shape index (κ2) is 18.6. The third-order valence-electron chi connectivity index (χ3n) is 8.82. The van der Waals surface area contributed by atoms with Gasteiger partial charge >= 0.3 is 12.2 Å². The topological polar surface area (TPSA) is 126 Å². The maximum Gasteiger partial charge on any atom is 0.414 e. The van der Waals surface area contributed by atoms with Gasteiger partial charge in [-0.1, -0.05) is 146 Å². The monoisotopic (exact) mass is 720 g/mol. The predicted molar refractivity (Wildman–Crippen MR) is 207 cm³/mol. The van der Waals surface area contributed by atoms with E-state index in [9.17, 15) is 19.2 Å². The SMILES string of the molecule is O=C(NC(=NCCC[C@H]1C(=O)N(C(=O)c2ccc(-c3ccccc3)cc2)[C@H]1C=Cc1ccccc1)NC(=O)OCc1ccccc1)OCc1ccccc1. The number of likely N-dealkylation sites (tertiary alicyclic amines) is 1. The highest BCUT2D eigenvalue weighted by molar-refractivity contribution is 6.10. The summed E-state index contributed by atoms with van der Waals surface area (Å²) in [5, 5.41) is 4.98. The van der Waals surface area contributed by atoms with Gasteiger partial charge in [-0.3, -0.25) is 30.1 Å². The molecule has 6 rings (SSSR count). The number of imide groups is 1. The van der Waals surface area contributed by atoms with Crippen molar-refractivity contribution in [3.8, 4) is 11.1 Å². The molecule has 1 fully saturated rings. The van der Waals surface area contributed by atoms with E-state index in [0.29, 0.717) is 18.4 Å². The molecule has 4 amide bonds. The van der Waals surface area contributed by atoms with Crippen LogP contribution in [0.25, 0.3) is 17.2 Å². The summed E-state index contributed by atoms with van der Waals surface area (Å²) in [6, 6.07) is 44.7. The van der Waals surface area contributed by atoms with Crippen molar-refractivity contribution >= 4 is 36.0 Å². The number of amides is 4. The Hall–Kier alpha value is -6.81. The first-order chi connectivity index (χ1) is 26.4. The zero-order chi connectivity index (χ0) is 37.5. The van der Waals surface area contributed by atoms with E-state index in [1.165, 1.54) is 4.90 Å². The molecule has 272 valence electrons. The molecule has 2 atom stereocenters. The highest BCUT2D eigenvalue weighted by atomic mass is 16.6. The van der Waals surface area contributed by atoms with Gasteiger partial charge in [-0.05, 0) is 52.8 Å². The predicted octanol–water partition coefficient (Wildman–Crippen LogP) is 8.02. The number of hydrogen-bond donors (Lipinski definition) is 2. The van der Waals surface area contributed by atoms with E-state index < -0.39 is 24.1 Å². The average Bonchev–Trinajstić information content (AvgIpc) is 3.22. The first-order valence-corrected chi connectivity index (χ1v) is 17.7. The van der Waals surface area contributed by atoms with E-state index in [1.54, 1.807) is 12.1 Å². The Morgan fingerprint density at radius 2 is 1.15 bits per heavy atom. The van der Waals surface area contributed by atoms with Crippen molar-refractivity contribution in [3.05, 3.63) is 174 Å². The van der Waals surface area contributed by atoms with Crippen molar-refractivity contribution in [1.29, 1.82) is 0 Å². The largest absolute Gasteiger partial charge is 0.444 e.